The molecule has 1 aromatic heterocycles. The summed E-state index contributed by atoms with van der Waals surface area (Å²) < 4.78 is 0. The van der Waals surface area contributed by atoms with Gasteiger partial charge >= 0.3 is 0 Å². The molecular weight excluding hydrogens is 248 g/mol. The second kappa shape index (κ2) is 7.27. The van der Waals surface area contributed by atoms with Gasteiger partial charge < -0.3 is 10.6 Å². The minimum absolute atomic E-state index is 0.382. The van der Waals surface area contributed by atoms with Crippen molar-refractivity contribution < 1.29 is 0 Å². The third-order valence-electron chi connectivity index (χ3n) is 4.05. The van der Waals surface area contributed by atoms with Gasteiger partial charge in [-0.05, 0) is 36.8 Å². The van der Waals surface area contributed by atoms with Crippen LogP contribution in [0, 0.1) is 5.92 Å². The van der Waals surface area contributed by atoms with Gasteiger partial charge in [0.05, 0.1) is 0 Å². The Morgan fingerprint density at radius 2 is 2.10 bits per heavy atom. The normalized spacial score (nSPS) is 18.4. The standard InChI is InChI=1S/C16H26N4/c1-13(2)15(14-7-6-8-18-11-14)12-19-16(17)20-9-4-3-5-10-20/h6-8,11,13,15H,3-5,9-10,12H2,1-2H3,(H2,17,19). The van der Waals surface area contributed by atoms with Crippen LogP contribution >= 0.6 is 0 Å². The number of hydrogen-bond donors (Lipinski definition) is 1. The Bertz CT molecular complexity index is 421. The molecular formula is C16H26N4. The maximum Gasteiger partial charge on any atom is 0.191 e. The molecule has 1 unspecified atom stereocenters. The summed E-state index contributed by atoms with van der Waals surface area (Å²) in [5, 5.41) is 0. The van der Waals surface area contributed by atoms with Crippen molar-refractivity contribution in [3.63, 3.8) is 0 Å². The first-order valence-electron chi connectivity index (χ1n) is 7.63. The number of guanidine groups is 1. The quantitative estimate of drug-likeness (QED) is 0.678. The first-order chi connectivity index (χ1) is 9.68. The van der Waals surface area contributed by atoms with E-state index in [1.807, 2.05) is 18.5 Å². The van der Waals surface area contributed by atoms with E-state index in [9.17, 15) is 0 Å². The molecule has 0 bridgehead atoms. The molecule has 0 aliphatic carbocycles. The van der Waals surface area contributed by atoms with Crippen molar-refractivity contribution in [1.82, 2.24) is 9.88 Å². The first-order valence-corrected chi connectivity index (χ1v) is 7.63. The van der Waals surface area contributed by atoms with Gasteiger partial charge in [-0.3, -0.25) is 9.98 Å². The topological polar surface area (TPSA) is 54.5 Å². The molecule has 4 nitrogen and oxygen atoms in total. The number of pyridine rings is 1. The second-order valence-electron chi connectivity index (χ2n) is 5.88. The third kappa shape index (κ3) is 3.95. The molecule has 1 aliphatic rings. The van der Waals surface area contributed by atoms with E-state index in [0.717, 1.165) is 19.6 Å². The maximum atomic E-state index is 6.14. The van der Waals surface area contributed by atoms with Gasteiger partial charge in [-0.15, -0.1) is 0 Å². The molecule has 1 atom stereocenters. The summed E-state index contributed by atoms with van der Waals surface area (Å²) >= 11 is 0. The van der Waals surface area contributed by atoms with Crippen LogP contribution in [0.2, 0.25) is 0 Å². The second-order valence-corrected chi connectivity index (χ2v) is 5.88. The summed E-state index contributed by atoms with van der Waals surface area (Å²) in [6.45, 7) is 7.30. The number of aromatic nitrogens is 1. The Balaban J connectivity index is 2.01. The van der Waals surface area contributed by atoms with Gasteiger partial charge in [-0.1, -0.05) is 19.9 Å². The molecule has 2 N–H and O–H groups in total. The average molecular weight is 274 g/mol. The van der Waals surface area contributed by atoms with Crippen LogP contribution in [0.4, 0.5) is 0 Å². The highest BCUT2D eigenvalue weighted by Crippen LogP contribution is 2.24. The molecule has 1 fully saturated rings. The van der Waals surface area contributed by atoms with Crippen molar-refractivity contribution in [2.75, 3.05) is 19.6 Å². The number of nitrogens with zero attached hydrogens (tertiary/aromatic N) is 3. The summed E-state index contributed by atoms with van der Waals surface area (Å²) in [5.74, 6) is 1.61. The van der Waals surface area contributed by atoms with E-state index in [-0.39, 0.29) is 0 Å². The summed E-state index contributed by atoms with van der Waals surface area (Å²) in [7, 11) is 0. The summed E-state index contributed by atoms with van der Waals surface area (Å²) in [5.41, 5.74) is 7.38. The zero-order valence-corrected chi connectivity index (χ0v) is 12.6. The average Bonchev–Trinajstić information content (AvgIpc) is 2.49. The van der Waals surface area contributed by atoms with Gasteiger partial charge in [0.15, 0.2) is 5.96 Å². The van der Waals surface area contributed by atoms with Crippen LogP contribution in [-0.4, -0.2) is 35.5 Å². The van der Waals surface area contributed by atoms with Gasteiger partial charge in [-0.2, -0.15) is 0 Å². The molecule has 4 heteroatoms. The van der Waals surface area contributed by atoms with Gasteiger partial charge in [0.1, 0.15) is 0 Å². The monoisotopic (exact) mass is 274 g/mol. The number of rotatable bonds is 4. The fourth-order valence-corrected chi connectivity index (χ4v) is 2.71. The van der Waals surface area contributed by atoms with Gasteiger partial charge in [-0.25, -0.2) is 0 Å². The molecule has 0 saturated carbocycles. The van der Waals surface area contributed by atoms with Crippen molar-refractivity contribution in [2.24, 2.45) is 16.6 Å². The molecule has 110 valence electrons. The highest BCUT2D eigenvalue weighted by molar-refractivity contribution is 5.78. The molecule has 0 radical (unpaired) electrons. The van der Waals surface area contributed by atoms with E-state index in [0.29, 0.717) is 17.8 Å². The van der Waals surface area contributed by atoms with E-state index in [1.54, 1.807) is 0 Å². The molecule has 1 aromatic rings. The largest absolute Gasteiger partial charge is 0.370 e. The van der Waals surface area contributed by atoms with E-state index in [2.05, 4.69) is 34.8 Å². The number of aliphatic imine (C=N–C) groups is 1. The Kier molecular flexibility index (Phi) is 5.39. The van der Waals surface area contributed by atoms with Gasteiger partial charge in [0.25, 0.3) is 0 Å². The highest BCUT2D eigenvalue weighted by atomic mass is 15.2. The molecule has 1 aliphatic heterocycles. The number of nitrogens with two attached hydrogens (primary N) is 1. The van der Waals surface area contributed by atoms with Crippen LogP contribution in [0.3, 0.4) is 0 Å². The number of hydrogen-bond acceptors (Lipinski definition) is 2. The molecule has 0 spiro atoms. The Hall–Kier alpha value is -1.58. The van der Waals surface area contributed by atoms with Crippen LogP contribution in [0.25, 0.3) is 0 Å². The van der Waals surface area contributed by atoms with Crippen LogP contribution in [0.1, 0.15) is 44.6 Å². The van der Waals surface area contributed by atoms with Gasteiger partial charge in [0, 0.05) is 37.9 Å². The fraction of sp³-hybridized carbons (Fsp3) is 0.625. The lowest BCUT2D eigenvalue weighted by molar-refractivity contribution is 0.337. The van der Waals surface area contributed by atoms with Crippen molar-refractivity contribution in [1.29, 1.82) is 0 Å². The SMILES string of the molecule is CC(C)C(CN=C(N)N1CCCCC1)c1cccnc1. The minimum atomic E-state index is 0.382. The minimum Gasteiger partial charge on any atom is -0.370 e. The number of piperidine rings is 1. The van der Waals surface area contributed by atoms with Crippen molar-refractivity contribution in [3.05, 3.63) is 30.1 Å². The lowest BCUT2D eigenvalue weighted by Gasteiger charge is -2.28. The zero-order chi connectivity index (χ0) is 14.4. The smallest absolute Gasteiger partial charge is 0.191 e. The van der Waals surface area contributed by atoms with Crippen molar-refractivity contribution in [3.8, 4) is 0 Å². The molecule has 0 amide bonds. The number of likely N-dealkylation sites (tertiary alicyclic amines) is 1. The Morgan fingerprint density at radius 3 is 2.70 bits per heavy atom. The predicted octanol–water partition coefficient (Wildman–Crippen LogP) is 2.62. The Labute approximate surface area is 122 Å². The summed E-state index contributed by atoms with van der Waals surface area (Å²) in [6, 6.07) is 4.12. The molecule has 20 heavy (non-hydrogen) atoms. The summed E-state index contributed by atoms with van der Waals surface area (Å²) in [4.78, 5) is 11.1. The van der Waals surface area contributed by atoms with E-state index in [1.165, 1.54) is 24.8 Å². The zero-order valence-electron chi connectivity index (χ0n) is 12.6. The molecule has 2 heterocycles. The lowest BCUT2D eigenvalue weighted by atomic mass is 9.89. The summed E-state index contributed by atoms with van der Waals surface area (Å²) in [6.07, 6.45) is 7.52. The van der Waals surface area contributed by atoms with Crippen LogP contribution in [0.5, 0.6) is 0 Å². The Morgan fingerprint density at radius 1 is 1.35 bits per heavy atom. The highest BCUT2D eigenvalue weighted by Gasteiger charge is 2.17. The van der Waals surface area contributed by atoms with Crippen LogP contribution in [0.15, 0.2) is 29.5 Å². The molecule has 0 aromatic carbocycles. The van der Waals surface area contributed by atoms with E-state index >= 15 is 0 Å². The molecule has 2 rings (SSSR count). The van der Waals surface area contributed by atoms with Crippen molar-refractivity contribution >= 4 is 5.96 Å². The first kappa shape index (κ1) is 14.8. The van der Waals surface area contributed by atoms with Crippen molar-refractivity contribution in [2.45, 2.75) is 39.0 Å². The fourth-order valence-electron chi connectivity index (χ4n) is 2.71. The van der Waals surface area contributed by atoms with E-state index in [4.69, 9.17) is 5.73 Å². The third-order valence-corrected chi connectivity index (χ3v) is 4.05. The lowest BCUT2D eigenvalue weighted by Crippen LogP contribution is -2.41. The maximum absolute atomic E-state index is 6.14. The molecule has 1 saturated heterocycles. The van der Waals surface area contributed by atoms with Crippen LogP contribution < -0.4 is 5.73 Å². The van der Waals surface area contributed by atoms with Gasteiger partial charge in [0.2, 0.25) is 0 Å². The van der Waals surface area contributed by atoms with Crippen LogP contribution in [-0.2, 0) is 0 Å². The van der Waals surface area contributed by atoms with E-state index < -0.39 is 0 Å². The predicted molar refractivity (Wildman–Crippen MR) is 83.7 cm³/mol.